The highest BCUT2D eigenvalue weighted by Gasteiger charge is 2.56. The summed E-state index contributed by atoms with van der Waals surface area (Å²) in [6, 6.07) is 15.4. The van der Waals surface area contributed by atoms with Gasteiger partial charge in [0.15, 0.2) is 0 Å². The molecule has 0 aliphatic heterocycles. The van der Waals surface area contributed by atoms with E-state index in [0.29, 0.717) is 29.6 Å². The fourth-order valence-corrected chi connectivity index (χ4v) is 8.35. The summed E-state index contributed by atoms with van der Waals surface area (Å²) in [5, 5.41) is 11.4. The molecule has 0 bridgehead atoms. The Kier molecular flexibility index (Phi) is 6.89. The molecule has 0 spiro atoms. The van der Waals surface area contributed by atoms with Crippen molar-refractivity contribution in [2.75, 3.05) is 34.4 Å². The fourth-order valence-electron chi connectivity index (χ4n) is 6.90. The predicted octanol–water partition coefficient (Wildman–Crippen LogP) is 5.62. The van der Waals surface area contributed by atoms with Crippen LogP contribution >= 0.6 is 11.8 Å². The van der Waals surface area contributed by atoms with E-state index in [1.165, 1.54) is 22.4 Å². The maximum absolute atomic E-state index is 10.9. The number of fused-ring (bicyclic) bond motifs is 5. The minimum Gasteiger partial charge on any atom is -0.497 e. The number of aliphatic hydroxyl groups is 1. The highest BCUT2D eigenvalue weighted by atomic mass is 32.2. The van der Waals surface area contributed by atoms with Crippen molar-refractivity contribution in [3.05, 3.63) is 53.6 Å². The summed E-state index contributed by atoms with van der Waals surface area (Å²) in [6.07, 6.45) is 5.31. The highest BCUT2D eigenvalue weighted by Crippen LogP contribution is 2.62. The van der Waals surface area contributed by atoms with Crippen molar-refractivity contribution >= 4 is 11.8 Å². The van der Waals surface area contributed by atoms with Crippen LogP contribution in [0.15, 0.2) is 47.4 Å². The molecule has 2 fully saturated rings. The van der Waals surface area contributed by atoms with Crippen LogP contribution in [0, 0.1) is 17.3 Å². The molecule has 0 amide bonds. The normalized spacial score (nSPS) is 32.1. The van der Waals surface area contributed by atoms with Crippen LogP contribution in [-0.4, -0.2) is 55.7 Å². The molecule has 3 aliphatic rings. The Morgan fingerprint density at radius 3 is 2.56 bits per heavy atom. The Morgan fingerprint density at radius 2 is 1.82 bits per heavy atom. The molecule has 4 nitrogen and oxygen atoms in total. The maximum atomic E-state index is 10.9. The van der Waals surface area contributed by atoms with Crippen LogP contribution in [-0.2, 0) is 6.42 Å². The summed E-state index contributed by atoms with van der Waals surface area (Å²) >= 11 is 2.03. The summed E-state index contributed by atoms with van der Waals surface area (Å²) in [4.78, 5) is 3.44. The minimum absolute atomic E-state index is 0.0636. The third-order valence-electron chi connectivity index (χ3n) is 8.80. The molecule has 2 saturated carbocycles. The average molecular weight is 482 g/mol. The molecular weight excluding hydrogens is 442 g/mol. The fraction of sp³-hybridized carbons (Fsp3) is 0.586. The van der Waals surface area contributed by atoms with Crippen molar-refractivity contribution in [2.45, 2.75) is 61.2 Å². The largest absolute Gasteiger partial charge is 0.497 e. The lowest BCUT2D eigenvalue weighted by Crippen LogP contribution is -2.48. The Morgan fingerprint density at radius 1 is 1.06 bits per heavy atom. The zero-order valence-corrected chi connectivity index (χ0v) is 21.8. The van der Waals surface area contributed by atoms with Gasteiger partial charge in [0, 0.05) is 16.7 Å². The van der Waals surface area contributed by atoms with Gasteiger partial charge in [-0.15, -0.1) is 11.8 Å². The molecule has 5 rings (SSSR count). The zero-order valence-electron chi connectivity index (χ0n) is 21.0. The number of nitrogens with zero attached hydrogens (tertiary/aromatic N) is 1. The second kappa shape index (κ2) is 9.75. The van der Waals surface area contributed by atoms with Crippen LogP contribution < -0.4 is 9.47 Å². The van der Waals surface area contributed by atoms with Gasteiger partial charge in [-0.05, 0) is 117 Å². The van der Waals surface area contributed by atoms with Crippen LogP contribution in [0.5, 0.6) is 11.5 Å². The van der Waals surface area contributed by atoms with Crippen LogP contribution in [0.4, 0.5) is 0 Å². The summed E-state index contributed by atoms with van der Waals surface area (Å²) in [7, 11) is 5.88. The summed E-state index contributed by atoms with van der Waals surface area (Å²) < 4.78 is 11.5. The average Bonchev–Trinajstić information content (AvgIpc) is 3.13. The van der Waals surface area contributed by atoms with Gasteiger partial charge in [0.05, 0.1) is 13.2 Å². The molecule has 2 aromatic rings. The quantitative estimate of drug-likeness (QED) is 0.556. The molecule has 0 radical (unpaired) electrons. The van der Waals surface area contributed by atoms with Crippen LogP contribution in [0.1, 0.15) is 49.7 Å². The van der Waals surface area contributed by atoms with Crippen LogP contribution in [0.25, 0.3) is 0 Å². The Labute approximate surface area is 209 Å². The maximum Gasteiger partial charge on any atom is 0.119 e. The van der Waals surface area contributed by atoms with Gasteiger partial charge < -0.3 is 19.5 Å². The molecule has 34 heavy (non-hydrogen) atoms. The highest BCUT2D eigenvalue weighted by molar-refractivity contribution is 8.00. The van der Waals surface area contributed by atoms with Crippen molar-refractivity contribution in [1.29, 1.82) is 0 Å². The van der Waals surface area contributed by atoms with Crippen LogP contribution in [0.3, 0.4) is 0 Å². The molecular formula is C29H39NO3S. The van der Waals surface area contributed by atoms with E-state index in [0.717, 1.165) is 43.7 Å². The van der Waals surface area contributed by atoms with Gasteiger partial charge in [0.2, 0.25) is 0 Å². The monoisotopic (exact) mass is 481 g/mol. The summed E-state index contributed by atoms with van der Waals surface area (Å²) in [6.45, 7) is 3.97. The first-order valence-electron chi connectivity index (χ1n) is 12.8. The second-order valence-corrected chi connectivity index (χ2v) is 12.3. The van der Waals surface area contributed by atoms with E-state index in [4.69, 9.17) is 9.47 Å². The number of aliphatic hydroxyl groups excluding tert-OH is 1. The van der Waals surface area contributed by atoms with Crippen LogP contribution in [0.2, 0.25) is 0 Å². The van der Waals surface area contributed by atoms with Crippen molar-refractivity contribution in [3.63, 3.8) is 0 Å². The van der Waals surface area contributed by atoms with E-state index in [-0.39, 0.29) is 11.5 Å². The molecule has 6 atom stereocenters. The van der Waals surface area contributed by atoms with Crippen molar-refractivity contribution in [2.24, 2.45) is 17.3 Å². The van der Waals surface area contributed by atoms with Gasteiger partial charge >= 0.3 is 0 Å². The lowest BCUT2D eigenvalue weighted by atomic mass is 9.55. The predicted molar refractivity (Wildman–Crippen MR) is 139 cm³/mol. The molecule has 5 heteroatoms. The zero-order chi connectivity index (χ0) is 23.9. The number of hydrogen-bond donors (Lipinski definition) is 1. The molecule has 0 saturated heterocycles. The van der Waals surface area contributed by atoms with Gasteiger partial charge in [0.1, 0.15) is 18.1 Å². The van der Waals surface area contributed by atoms with E-state index in [1.807, 2.05) is 11.8 Å². The molecule has 0 heterocycles. The van der Waals surface area contributed by atoms with Gasteiger partial charge in [-0.3, -0.25) is 0 Å². The Balaban J connectivity index is 1.40. The smallest absolute Gasteiger partial charge is 0.119 e. The third-order valence-corrected chi connectivity index (χ3v) is 10.1. The van der Waals surface area contributed by atoms with E-state index >= 15 is 0 Å². The number of thioether (sulfide) groups is 1. The number of likely N-dealkylation sites (N-methyl/N-ethyl adjacent to an activating group) is 1. The minimum atomic E-state index is -0.153. The third kappa shape index (κ3) is 4.47. The van der Waals surface area contributed by atoms with Crippen molar-refractivity contribution < 1.29 is 14.6 Å². The second-order valence-electron chi connectivity index (χ2n) is 11.0. The molecule has 2 aromatic carbocycles. The van der Waals surface area contributed by atoms with E-state index in [9.17, 15) is 5.11 Å². The van der Waals surface area contributed by atoms with E-state index in [1.54, 1.807) is 7.11 Å². The number of benzene rings is 2. The molecule has 184 valence electrons. The molecule has 6 unspecified atom stereocenters. The lowest BCUT2D eigenvalue weighted by molar-refractivity contribution is -0.0209. The summed E-state index contributed by atoms with van der Waals surface area (Å²) in [5.74, 6) is 3.65. The van der Waals surface area contributed by atoms with Gasteiger partial charge in [0.25, 0.3) is 0 Å². The van der Waals surface area contributed by atoms with Crippen molar-refractivity contribution in [3.8, 4) is 11.5 Å². The first-order valence-corrected chi connectivity index (χ1v) is 13.7. The first-order chi connectivity index (χ1) is 16.4. The van der Waals surface area contributed by atoms with E-state index in [2.05, 4.69) is 68.4 Å². The number of hydrogen-bond acceptors (Lipinski definition) is 5. The SMILES string of the molecule is COc1ccc2c(c1)CC(Sc1ccc(OCCN(C)C)cc1)C1C2CCC2(C)C(O)CCC12. The Bertz CT molecular complexity index is 993. The first kappa shape index (κ1) is 24.0. The lowest BCUT2D eigenvalue weighted by Gasteiger charge is -2.52. The van der Waals surface area contributed by atoms with Gasteiger partial charge in [-0.1, -0.05) is 13.0 Å². The number of methoxy groups -OCH3 is 1. The standard InChI is InChI=1S/C29H39NO3S/c1-29-14-13-24-23-10-7-21(32-4)17-19(23)18-26(28(24)25(29)11-12-27(29)31)34-22-8-5-20(6-9-22)33-16-15-30(2)3/h5-10,17,24-28,31H,11-16,18H2,1-4H3. The topological polar surface area (TPSA) is 41.9 Å². The summed E-state index contributed by atoms with van der Waals surface area (Å²) in [5.41, 5.74) is 3.04. The van der Waals surface area contributed by atoms with E-state index < -0.39 is 0 Å². The molecule has 0 aromatic heterocycles. The number of rotatable bonds is 7. The van der Waals surface area contributed by atoms with Gasteiger partial charge in [-0.2, -0.15) is 0 Å². The van der Waals surface area contributed by atoms with Crippen molar-refractivity contribution in [1.82, 2.24) is 4.90 Å². The van der Waals surface area contributed by atoms with Gasteiger partial charge in [-0.25, -0.2) is 0 Å². The molecule has 3 aliphatic carbocycles. The Hall–Kier alpha value is -1.69. The number of ether oxygens (including phenoxy) is 2. The molecule has 1 N–H and O–H groups in total.